The number of ether oxygens (including phenoxy) is 1. The Labute approximate surface area is 139 Å². The third kappa shape index (κ3) is 2.62. The molecule has 0 aromatic heterocycles. The third-order valence-corrected chi connectivity index (χ3v) is 3.82. The van der Waals surface area contributed by atoms with Crippen molar-refractivity contribution >= 4 is 23.5 Å². The molecule has 0 spiro atoms. The zero-order valence-electron chi connectivity index (χ0n) is 13.4. The number of hydrogen-bond donors (Lipinski definition) is 1. The number of rotatable bonds is 4. The van der Waals surface area contributed by atoms with Gasteiger partial charge in [0.2, 0.25) is 0 Å². The predicted molar refractivity (Wildman–Crippen MR) is 93.3 cm³/mol. The lowest BCUT2D eigenvalue weighted by atomic mass is 10.1. The van der Waals surface area contributed by atoms with Crippen LogP contribution in [0.25, 0.3) is 0 Å². The summed E-state index contributed by atoms with van der Waals surface area (Å²) in [5.41, 5.74) is 2.36. The van der Waals surface area contributed by atoms with Crippen LogP contribution in [-0.2, 0) is 4.79 Å². The van der Waals surface area contributed by atoms with Crippen molar-refractivity contribution in [3.63, 3.8) is 0 Å². The Kier molecular flexibility index (Phi) is 4.29. The molecule has 6 heteroatoms. The Bertz CT molecular complexity index is 843. The smallest absolute Gasteiger partial charge is 0.279 e. The zero-order chi connectivity index (χ0) is 17.1. The van der Waals surface area contributed by atoms with Crippen molar-refractivity contribution in [2.45, 2.75) is 6.92 Å². The summed E-state index contributed by atoms with van der Waals surface area (Å²) in [5, 5.41) is 18.1. The summed E-state index contributed by atoms with van der Waals surface area (Å²) < 4.78 is 5.05. The summed E-state index contributed by atoms with van der Waals surface area (Å²) in [7, 11) is 1.48. The van der Waals surface area contributed by atoms with E-state index in [9.17, 15) is 9.90 Å². The second-order valence-corrected chi connectivity index (χ2v) is 5.16. The number of methoxy groups -OCH3 is 1. The maximum atomic E-state index is 12.5. The average molecular weight is 323 g/mol. The quantitative estimate of drug-likeness (QED) is 0.694. The summed E-state index contributed by atoms with van der Waals surface area (Å²) >= 11 is 0. The lowest BCUT2D eigenvalue weighted by Gasteiger charge is -2.12. The maximum absolute atomic E-state index is 12.5. The first-order valence-corrected chi connectivity index (χ1v) is 7.55. The van der Waals surface area contributed by atoms with Gasteiger partial charge in [-0.05, 0) is 25.1 Å². The molecule has 0 saturated heterocycles. The van der Waals surface area contributed by atoms with Gasteiger partial charge in [-0.1, -0.05) is 24.3 Å². The van der Waals surface area contributed by atoms with E-state index in [0.29, 0.717) is 23.6 Å². The van der Waals surface area contributed by atoms with Crippen LogP contribution in [0.15, 0.2) is 52.7 Å². The van der Waals surface area contributed by atoms with Gasteiger partial charge in [0, 0.05) is 17.7 Å². The molecule has 0 bridgehead atoms. The molecule has 1 aliphatic heterocycles. The number of hydrogen-bond acceptors (Lipinski definition) is 5. The molecule has 1 amide bonds. The molecule has 122 valence electrons. The number of fused-ring (bicyclic) bond motifs is 1. The average Bonchev–Trinajstić information content (AvgIpc) is 2.88. The lowest BCUT2D eigenvalue weighted by Crippen LogP contribution is -2.29. The number of phenols is 1. The van der Waals surface area contributed by atoms with Gasteiger partial charge in [-0.2, -0.15) is 5.10 Å². The van der Waals surface area contributed by atoms with Crippen LogP contribution < -0.4 is 9.64 Å². The van der Waals surface area contributed by atoms with E-state index < -0.39 is 0 Å². The van der Waals surface area contributed by atoms with Crippen molar-refractivity contribution < 1.29 is 14.6 Å². The molecule has 24 heavy (non-hydrogen) atoms. The lowest BCUT2D eigenvalue weighted by molar-refractivity contribution is -0.112. The molecule has 0 unspecified atom stereocenters. The van der Waals surface area contributed by atoms with Crippen molar-refractivity contribution in [2.75, 3.05) is 18.6 Å². The van der Waals surface area contributed by atoms with Crippen LogP contribution in [0.2, 0.25) is 0 Å². The van der Waals surface area contributed by atoms with Crippen LogP contribution in [0.3, 0.4) is 0 Å². The number of carbonyl (C=O) groups excluding carboxylic acids is 1. The number of carbonyl (C=O) groups is 1. The van der Waals surface area contributed by atoms with E-state index in [2.05, 4.69) is 10.2 Å². The third-order valence-electron chi connectivity index (χ3n) is 3.82. The molecule has 1 heterocycles. The highest BCUT2D eigenvalue weighted by molar-refractivity contribution is 6.54. The molecule has 0 aliphatic carbocycles. The zero-order valence-corrected chi connectivity index (χ0v) is 13.4. The number of benzene rings is 2. The largest absolute Gasteiger partial charge is 0.504 e. The van der Waals surface area contributed by atoms with Crippen LogP contribution in [0.1, 0.15) is 18.1 Å². The molecule has 3 rings (SSSR count). The molecule has 1 aliphatic rings. The Morgan fingerprint density at radius 2 is 2.00 bits per heavy atom. The molecule has 6 nitrogen and oxygen atoms in total. The molecule has 0 radical (unpaired) electrons. The SMILES string of the molecule is CCN1C(=O)/C(=N/N=C/c2cccc(OC)c2O)c2ccccc21. The molecule has 0 saturated carbocycles. The van der Waals surface area contributed by atoms with Gasteiger partial charge in [0.05, 0.1) is 19.0 Å². The van der Waals surface area contributed by atoms with Gasteiger partial charge >= 0.3 is 0 Å². The Morgan fingerprint density at radius 3 is 2.75 bits per heavy atom. The molecule has 0 atom stereocenters. The van der Waals surface area contributed by atoms with Gasteiger partial charge in [0.1, 0.15) is 0 Å². The molecule has 1 N–H and O–H groups in total. The van der Waals surface area contributed by atoms with E-state index in [1.807, 2.05) is 31.2 Å². The van der Waals surface area contributed by atoms with E-state index in [-0.39, 0.29) is 11.7 Å². The Hall–Kier alpha value is -3.15. The minimum Gasteiger partial charge on any atom is -0.504 e. The minimum atomic E-state index is -0.175. The van der Waals surface area contributed by atoms with Gasteiger partial charge in [-0.3, -0.25) is 4.79 Å². The highest BCUT2D eigenvalue weighted by Gasteiger charge is 2.32. The number of anilines is 1. The van der Waals surface area contributed by atoms with Crippen LogP contribution in [0.4, 0.5) is 5.69 Å². The van der Waals surface area contributed by atoms with E-state index in [1.54, 1.807) is 23.1 Å². The van der Waals surface area contributed by atoms with E-state index in [4.69, 9.17) is 4.74 Å². The number of phenolic OH excluding ortho intramolecular Hbond substituents is 1. The van der Waals surface area contributed by atoms with E-state index >= 15 is 0 Å². The van der Waals surface area contributed by atoms with Crippen LogP contribution >= 0.6 is 0 Å². The van der Waals surface area contributed by atoms with Gasteiger partial charge < -0.3 is 14.7 Å². The van der Waals surface area contributed by atoms with Gasteiger partial charge in [0.15, 0.2) is 17.2 Å². The molecule has 0 fully saturated rings. The summed E-state index contributed by atoms with van der Waals surface area (Å²) in [6, 6.07) is 12.5. The fraction of sp³-hybridized carbons (Fsp3) is 0.167. The number of likely N-dealkylation sites (N-methyl/N-ethyl adjacent to an activating group) is 1. The van der Waals surface area contributed by atoms with Crippen molar-refractivity contribution in [2.24, 2.45) is 10.2 Å². The number of para-hydroxylation sites is 2. The standard InChI is InChI=1S/C18H17N3O3/c1-3-21-14-9-5-4-8-13(14)16(18(21)23)20-19-11-12-7-6-10-15(24-2)17(12)22/h4-11,22H,3H2,1-2H3/b19-11+,20-16+. The van der Waals surface area contributed by atoms with Gasteiger partial charge in [0.25, 0.3) is 5.91 Å². The predicted octanol–water partition coefficient (Wildman–Crippen LogP) is 2.59. The Morgan fingerprint density at radius 1 is 1.21 bits per heavy atom. The summed E-state index contributed by atoms with van der Waals surface area (Å²) in [5.74, 6) is 0.161. The molecule has 2 aromatic carbocycles. The fourth-order valence-corrected chi connectivity index (χ4v) is 2.63. The first-order valence-electron chi connectivity index (χ1n) is 7.55. The van der Waals surface area contributed by atoms with Crippen LogP contribution in [0, 0.1) is 0 Å². The molecule has 2 aromatic rings. The normalized spacial score (nSPS) is 15.3. The van der Waals surface area contributed by atoms with Gasteiger partial charge in [-0.15, -0.1) is 5.10 Å². The second kappa shape index (κ2) is 6.54. The second-order valence-electron chi connectivity index (χ2n) is 5.16. The van der Waals surface area contributed by atoms with Crippen LogP contribution in [-0.4, -0.2) is 36.6 Å². The highest BCUT2D eigenvalue weighted by Crippen LogP contribution is 2.29. The van der Waals surface area contributed by atoms with Gasteiger partial charge in [-0.25, -0.2) is 0 Å². The highest BCUT2D eigenvalue weighted by atomic mass is 16.5. The van der Waals surface area contributed by atoms with Crippen molar-refractivity contribution in [1.82, 2.24) is 0 Å². The van der Waals surface area contributed by atoms with Crippen LogP contribution in [0.5, 0.6) is 11.5 Å². The topological polar surface area (TPSA) is 74.5 Å². The number of aromatic hydroxyl groups is 1. The minimum absolute atomic E-state index is 0.0164. The van der Waals surface area contributed by atoms with Crippen molar-refractivity contribution in [3.8, 4) is 11.5 Å². The first-order chi connectivity index (χ1) is 11.7. The first kappa shape index (κ1) is 15.7. The monoisotopic (exact) mass is 323 g/mol. The summed E-state index contributed by atoms with van der Waals surface area (Å²) in [4.78, 5) is 14.1. The fourth-order valence-electron chi connectivity index (χ4n) is 2.63. The maximum Gasteiger partial charge on any atom is 0.279 e. The number of amides is 1. The Balaban J connectivity index is 1.94. The molecular weight excluding hydrogens is 306 g/mol. The van der Waals surface area contributed by atoms with E-state index in [1.165, 1.54) is 13.3 Å². The van der Waals surface area contributed by atoms with Crippen molar-refractivity contribution in [1.29, 1.82) is 0 Å². The number of nitrogens with zero attached hydrogens (tertiary/aromatic N) is 3. The van der Waals surface area contributed by atoms with Crippen molar-refractivity contribution in [3.05, 3.63) is 53.6 Å². The summed E-state index contributed by atoms with van der Waals surface area (Å²) in [6.07, 6.45) is 1.40. The molecular formula is C18H17N3O3. The summed E-state index contributed by atoms with van der Waals surface area (Å²) in [6.45, 7) is 2.48. The van der Waals surface area contributed by atoms with E-state index in [0.717, 1.165) is 11.3 Å².